The highest BCUT2D eigenvalue weighted by Crippen LogP contribution is 2.45. The summed E-state index contributed by atoms with van der Waals surface area (Å²) in [5.41, 5.74) is 0. The molecule has 2 aliphatic rings. The molecule has 0 spiro atoms. The molecule has 1 saturated carbocycles. The molecule has 13 heavy (non-hydrogen) atoms. The van der Waals surface area contributed by atoms with E-state index in [-0.39, 0.29) is 0 Å². The first-order chi connectivity index (χ1) is 6.27. The van der Waals surface area contributed by atoms with Crippen LogP contribution in [0.15, 0.2) is 0 Å². The van der Waals surface area contributed by atoms with Gasteiger partial charge in [-0.15, -0.1) is 0 Å². The second kappa shape index (κ2) is 3.32. The van der Waals surface area contributed by atoms with Gasteiger partial charge in [0.15, 0.2) is 0 Å². The predicted octanol–water partition coefficient (Wildman–Crippen LogP) is 1.95. The molecule has 2 heteroatoms. The summed E-state index contributed by atoms with van der Waals surface area (Å²) in [7, 11) is 0. The van der Waals surface area contributed by atoms with Crippen LogP contribution in [0.1, 0.15) is 39.5 Å². The number of rotatable bonds is 3. The normalized spacial score (nSPS) is 42.5. The highest BCUT2D eigenvalue weighted by Gasteiger charge is 2.50. The molecule has 2 fully saturated rings. The van der Waals surface area contributed by atoms with Gasteiger partial charge in [-0.2, -0.15) is 0 Å². The fourth-order valence-electron chi connectivity index (χ4n) is 3.31. The quantitative estimate of drug-likeness (QED) is 0.708. The topological polar surface area (TPSA) is 29.1 Å². The molecule has 1 amide bonds. The molecule has 2 rings (SSSR count). The van der Waals surface area contributed by atoms with E-state index >= 15 is 0 Å². The number of piperidine rings is 1. The Bertz CT molecular complexity index is 214. The summed E-state index contributed by atoms with van der Waals surface area (Å²) in [6.45, 7) is 4.47. The minimum atomic E-state index is 0.327. The highest BCUT2D eigenvalue weighted by atomic mass is 16.2. The van der Waals surface area contributed by atoms with Crippen LogP contribution in [0.2, 0.25) is 0 Å². The van der Waals surface area contributed by atoms with E-state index in [1.165, 1.54) is 19.3 Å². The molecular formula is C11H19NO. The lowest BCUT2D eigenvalue weighted by Gasteiger charge is -2.30. The largest absolute Gasteiger partial charge is 0.353 e. The van der Waals surface area contributed by atoms with Gasteiger partial charge in [-0.05, 0) is 24.7 Å². The van der Waals surface area contributed by atoms with Crippen LogP contribution in [-0.4, -0.2) is 11.9 Å². The van der Waals surface area contributed by atoms with Crippen molar-refractivity contribution >= 4 is 5.91 Å². The van der Waals surface area contributed by atoms with Gasteiger partial charge in [0.1, 0.15) is 0 Å². The third-order valence-corrected chi connectivity index (χ3v) is 3.85. The third-order valence-electron chi connectivity index (χ3n) is 3.85. The van der Waals surface area contributed by atoms with Gasteiger partial charge >= 0.3 is 0 Å². The molecule has 1 heterocycles. The minimum Gasteiger partial charge on any atom is -0.353 e. The first-order valence-corrected chi connectivity index (χ1v) is 5.58. The number of carbonyl (C=O) groups excluding carboxylic acids is 1. The summed E-state index contributed by atoms with van der Waals surface area (Å²) < 4.78 is 0. The average molecular weight is 181 g/mol. The molecule has 74 valence electrons. The van der Waals surface area contributed by atoms with Crippen LogP contribution in [0.25, 0.3) is 0 Å². The maximum atomic E-state index is 11.5. The van der Waals surface area contributed by atoms with Crippen molar-refractivity contribution in [3.05, 3.63) is 0 Å². The van der Waals surface area contributed by atoms with Gasteiger partial charge in [-0.1, -0.05) is 26.7 Å². The molecule has 2 bridgehead atoms. The van der Waals surface area contributed by atoms with Crippen molar-refractivity contribution in [1.82, 2.24) is 5.32 Å². The van der Waals surface area contributed by atoms with Crippen molar-refractivity contribution in [3.63, 3.8) is 0 Å². The van der Waals surface area contributed by atoms with Gasteiger partial charge in [-0.3, -0.25) is 4.79 Å². The summed E-state index contributed by atoms with van der Waals surface area (Å²) in [5.74, 6) is 2.14. The summed E-state index contributed by atoms with van der Waals surface area (Å²) in [6.07, 6.45) is 4.80. The SMILES string of the molecule is CCCC1C2CC(NC2=O)C1CC. The van der Waals surface area contributed by atoms with Crippen molar-refractivity contribution in [2.24, 2.45) is 17.8 Å². The molecule has 0 aromatic carbocycles. The van der Waals surface area contributed by atoms with E-state index in [0.717, 1.165) is 12.3 Å². The predicted molar refractivity (Wildman–Crippen MR) is 52.2 cm³/mol. The Labute approximate surface area is 80.1 Å². The van der Waals surface area contributed by atoms with Gasteiger partial charge < -0.3 is 5.32 Å². The Morgan fingerprint density at radius 1 is 1.38 bits per heavy atom. The van der Waals surface area contributed by atoms with Gasteiger partial charge in [0.2, 0.25) is 5.91 Å². The number of fused-ring (bicyclic) bond motifs is 2. The number of hydrogen-bond donors (Lipinski definition) is 1. The molecule has 1 N–H and O–H groups in total. The molecule has 0 aromatic heterocycles. The standard InChI is InChI=1S/C11H19NO/c1-3-5-8-7(4-2)10-6-9(8)11(13)12-10/h7-10H,3-6H2,1-2H3,(H,12,13). The fourth-order valence-corrected chi connectivity index (χ4v) is 3.31. The van der Waals surface area contributed by atoms with Crippen LogP contribution >= 0.6 is 0 Å². The van der Waals surface area contributed by atoms with Crippen molar-refractivity contribution in [2.75, 3.05) is 0 Å². The van der Waals surface area contributed by atoms with Crippen molar-refractivity contribution in [3.8, 4) is 0 Å². The molecule has 1 aliphatic carbocycles. The Kier molecular flexibility index (Phi) is 2.31. The Hall–Kier alpha value is -0.530. The molecule has 0 aromatic rings. The first kappa shape index (κ1) is 9.04. The highest BCUT2D eigenvalue weighted by molar-refractivity contribution is 5.82. The summed E-state index contributed by atoms with van der Waals surface area (Å²) in [5, 5.41) is 3.10. The zero-order chi connectivity index (χ0) is 9.42. The maximum absolute atomic E-state index is 11.5. The summed E-state index contributed by atoms with van der Waals surface area (Å²) in [4.78, 5) is 11.5. The Morgan fingerprint density at radius 2 is 2.15 bits per heavy atom. The lowest BCUT2D eigenvalue weighted by Crippen LogP contribution is -2.42. The van der Waals surface area contributed by atoms with E-state index in [2.05, 4.69) is 19.2 Å². The van der Waals surface area contributed by atoms with Crippen LogP contribution in [0.3, 0.4) is 0 Å². The molecule has 0 radical (unpaired) electrons. The van der Waals surface area contributed by atoms with E-state index in [4.69, 9.17) is 0 Å². The van der Waals surface area contributed by atoms with Crippen LogP contribution in [0.5, 0.6) is 0 Å². The smallest absolute Gasteiger partial charge is 0.223 e. The molecule has 4 unspecified atom stereocenters. The Morgan fingerprint density at radius 3 is 2.77 bits per heavy atom. The number of carbonyl (C=O) groups is 1. The summed E-state index contributed by atoms with van der Waals surface area (Å²) in [6, 6.07) is 0.513. The van der Waals surface area contributed by atoms with Crippen molar-refractivity contribution in [1.29, 1.82) is 0 Å². The first-order valence-electron chi connectivity index (χ1n) is 5.58. The second-order valence-electron chi connectivity index (χ2n) is 4.48. The minimum absolute atomic E-state index is 0.327. The molecular weight excluding hydrogens is 162 g/mol. The molecule has 2 nitrogen and oxygen atoms in total. The maximum Gasteiger partial charge on any atom is 0.223 e. The van der Waals surface area contributed by atoms with E-state index < -0.39 is 0 Å². The number of amides is 1. The summed E-state index contributed by atoms with van der Waals surface area (Å²) >= 11 is 0. The van der Waals surface area contributed by atoms with Crippen molar-refractivity contribution in [2.45, 2.75) is 45.6 Å². The zero-order valence-electron chi connectivity index (χ0n) is 8.55. The van der Waals surface area contributed by atoms with Gasteiger partial charge in [0.05, 0.1) is 0 Å². The Balaban J connectivity index is 2.10. The van der Waals surface area contributed by atoms with E-state index in [0.29, 0.717) is 23.8 Å². The monoisotopic (exact) mass is 181 g/mol. The molecule has 1 saturated heterocycles. The van der Waals surface area contributed by atoms with Gasteiger partial charge in [-0.25, -0.2) is 0 Å². The molecule has 1 aliphatic heterocycles. The van der Waals surface area contributed by atoms with Crippen LogP contribution in [-0.2, 0) is 4.79 Å². The third kappa shape index (κ3) is 1.27. The van der Waals surface area contributed by atoms with Gasteiger partial charge in [0, 0.05) is 12.0 Å². The van der Waals surface area contributed by atoms with Gasteiger partial charge in [0.25, 0.3) is 0 Å². The second-order valence-corrected chi connectivity index (χ2v) is 4.48. The lowest BCUT2D eigenvalue weighted by molar-refractivity contribution is -0.126. The van der Waals surface area contributed by atoms with Crippen molar-refractivity contribution < 1.29 is 4.79 Å². The average Bonchev–Trinajstić information content (AvgIpc) is 2.61. The number of hydrogen-bond acceptors (Lipinski definition) is 1. The van der Waals surface area contributed by atoms with Crippen LogP contribution in [0, 0.1) is 17.8 Å². The fraction of sp³-hybridized carbons (Fsp3) is 0.909. The van der Waals surface area contributed by atoms with E-state index in [1.807, 2.05) is 0 Å². The van der Waals surface area contributed by atoms with E-state index in [1.54, 1.807) is 0 Å². The van der Waals surface area contributed by atoms with Crippen LogP contribution in [0.4, 0.5) is 0 Å². The van der Waals surface area contributed by atoms with E-state index in [9.17, 15) is 4.79 Å². The molecule has 4 atom stereocenters. The number of nitrogens with one attached hydrogen (secondary N) is 1. The lowest BCUT2D eigenvalue weighted by atomic mass is 9.81. The van der Waals surface area contributed by atoms with Crippen LogP contribution < -0.4 is 5.32 Å². The zero-order valence-corrected chi connectivity index (χ0v) is 8.55.